The number of thiophene rings is 1. The molecule has 5 aromatic rings. The van der Waals surface area contributed by atoms with E-state index in [2.05, 4.69) is 74.8 Å². The number of primary amides is 1. The highest BCUT2D eigenvalue weighted by molar-refractivity contribution is 7.22. The lowest BCUT2D eigenvalue weighted by Crippen LogP contribution is -2.50. The number of benzene rings is 2. The van der Waals surface area contributed by atoms with E-state index in [9.17, 15) is 4.79 Å². The van der Waals surface area contributed by atoms with Crippen LogP contribution in [0.3, 0.4) is 0 Å². The molecule has 0 radical (unpaired) electrons. The van der Waals surface area contributed by atoms with Crippen LogP contribution in [0, 0.1) is 0 Å². The number of hydrogen-bond donors (Lipinski definition) is 3. The van der Waals surface area contributed by atoms with Gasteiger partial charge in [0, 0.05) is 66.6 Å². The van der Waals surface area contributed by atoms with Crippen LogP contribution in [0.25, 0.3) is 31.6 Å². The topological polar surface area (TPSA) is 90.3 Å². The highest BCUT2D eigenvalue weighted by Gasteiger charge is 2.19. The van der Waals surface area contributed by atoms with Gasteiger partial charge in [0.05, 0.1) is 15.9 Å². The Morgan fingerprint density at radius 3 is 2.66 bits per heavy atom. The number of nitrogens with two attached hydrogens (primary N) is 1. The summed E-state index contributed by atoms with van der Waals surface area (Å²) in [6, 6.07) is 21.0. The van der Waals surface area contributed by atoms with E-state index in [4.69, 9.17) is 5.73 Å². The van der Waals surface area contributed by atoms with Crippen LogP contribution >= 0.6 is 11.3 Å². The van der Waals surface area contributed by atoms with Gasteiger partial charge in [0.25, 0.3) is 0 Å². The van der Waals surface area contributed by atoms with Gasteiger partial charge in [-0.25, -0.2) is 4.79 Å². The lowest BCUT2D eigenvalue weighted by Gasteiger charge is -2.33. The van der Waals surface area contributed by atoms with Crippen molar-refractivity contribution in [1.29, 1.82) is 0 Å². The zero-order chi connectivity index (χ0) is 23.8. The highest BCUT2D eigenvalue weighted by Crippen LogP contribution is 2.37. The molecule has 0 atom stereocenters. The fraction of sp³-hybridized carbons (Fsp3) is 0.185. The van der Waals surface area contributed by atoms with Gasteiger partial charge in [-0.1, -0.05) is 24.3 Å². The molecule has 0 saturated carbocycles. The molecule has 1 aliphatic heterocycles. The first-order valence-corrected chi connectivity index (χ1v) is 12.5. The molecule has 0 spiro atoms. The van der Waals surface area contributed by atoms with E-state index in [1.54, 1.807) is 16.2 Å². The fourth-order valence-corrected chi connectivity index (χ4v) is 5.71. The normalized spacial score (nSPS) is 14.6. The average Bonchev–Trinajstić information content (AvgIpc) is 3.52. The molecule has 176 valence electrons. The number of amides is 2. The molecule has 1 fully saturated rings. The number of urea groups is 1. The minimum atomic E-state index is -0.327. The molecule has 0 unspecified atom stereocenters. The Morgan fingerprint density at radius 2 is 1.86 bits per heavy atom. The van der Waals surface area contributed by atoms with Gasteiger partial charge in [0.2, 0.25) is 0 Å². The Kier molecular flexibility index (Phi) is 5.60. The van der Waals surface area contributed by atoms with Crippen LogP contribution < -0.4 is 11.1 Å². The van der Waals surface area contributed by atoms with E-state index in [-0.39, 0.29) is 6.03 Å². The summed E-state index contributed by atoms with van der Waals surface area (Å²) in [6.07, 6.45) is 3.82. The van der Waals surface area contributed by atoms with E-state index < -0.39 is 0 Å². The van der Waals surface area contributed by atoms with Gasteiger partial charge in [-0.05, 0) is 47.5 Å². The smallest absolute Gasteiger partial charge is 0.314 e. The summed E-state index contributed by atoms with van der Waals surface area (Å²) < 4.78 is 1.15. The number of nitrogens with one attached hydrogen (secondary N) is 2. The molecule has 1 saturated heterocycles. The molecular formula is C27H26N6OS. The molecule has 0 bridgehead atoms. The van der Waals surface area contributed by atoms with Crippen molar-refractivity contribution in [2.75, 3.05) is 31.5 Å². The second-order valence-corrected chi connectivity index (χ2v) is 9.94. The Bertz CT molecular complexity index is 1500. The first kappa shape index (κ1) is 21.6. The predicted molar refractivity (Wildman–Crippen MR) is 143 cm³/mol. The number of carbonyl (C=O) groups is 1. The number of pyridine rings is 1. The maximum absolute atomic E-state index is 11.3. The number of H-pyrrole nitrogens is 1. The first-order valence-electron chi connectivity index (χ1n) is 11.7. The van der Waals surface area contributed by atoms with Crippen LogP contribution in [0.1, 0.15) is 5.56 Å². The van der Waals surface area contributed by atoms with Gasteiger partial charge < -0.3 is 20.9 Å². The van der Waals surface area contributed by atoms with Crippen molar-refractivity contribution < 1.29 is 4.79 Å². The molecule has 2 amide bonds. The third kappa shape index (κ3) is 4.45. The van der Waals surface area contributed by atoms with E-state index in [0.717, 1.165) is 46.7 Å². The average molecular weight is 483 g/mol. The summed E-state index contributed by atoms with van der Waals surface area (Å²) in [6.45, 7) is 3.95. The van der Waals surface area contributed by atoms with Crippen LogP contribution in [0.2, 0.25) is 0 Å². The van der Waals surface area contributed by atoms with Gasteiger partial charge in [-0.15, -0.1) is 11.3 Å². The number of piperazine rings is 1. The molecule has 4 heterocycles. The van der Waals surface area contributed by atoms with Crippen LogP contribution in [-0.2, 0) is 6.54 Å². The van der Waals surface area contributed by atoms with Crippen molar-refractivity contribution in [3.63, 3.8) is 0 Å². The van der Waals surface area contributed by atoms with Gasteiger partial charge >= 0.3 is 6.03 Å². The fourth-order valence-electron chi connectivity index (χ4n) is 4.62. The van der Waals surface area contributed by atoms with Gasteiger partial charge in [0.15, 0.2) is 0 Å². The molecule has 8 heteroatoms. The Hall–Kier alpha value is -3.88. The van der Waals surface area contributed by atoms with Crippen molar-refractivity contribution in [1.82, 2.24) is 19.8 Å². The molecule has 7 nitrogen and oxygen atoms in total. The van der Waals surface area contributed by atoms with Crippen molar-refractivity contribution in [2.45, 2.75) is 6.54 Å². The SMILES string of the molecule is NC(=O)N1CCN(Cc2ccc(-c3cc4nccc(Nc5ccc6[nH]ccc6c5)c4s3)cc2)CC1. The van der Waals surface area contributed by atoms with Gasteiger partial charge in [-0.3, -0.25) is 9.88 Å². The summed E-state index contributed by atoms with van der Waals surface area (Å²) in [7, 11) is 0. The molecular weight excluding hydrogens is 456 g/mol. The summed E-state index contributed by atoms with van der Waals surface area (Å²) in [5, 5.41) is 4.76. The van der Waals surface area contributed by atoms with E-state index in [1.807, 2.05) is 18.5 Å². The number of hydrogen-bond acceptors (Lipinski definition) is 5. The largest absolute Gasteiger partial charge is 0.361 e. The molecule has 35 heavy (non-hydrogen) atoms. The minimum absolute atomic E-state index is 0.327. The van der Waals surface area contributed by atoms with Crippen molar-refractivity contribution >= 4 is 49.9 Å². The summed E-state index contributed by atoms with van der Waals surface area (Å²) in [4.78, 5) is 24.4. The van der Waals surface area contributed by atoms with Crippen molar-refractivity contribution in [3.8, 4) is 10.4 Å². The third-order valence-corrected chi connectivity index (χ3v) is 7.78. The van der Waals surface area contributed by atoms with Crippen LogP contribution in [0.4, 0.5) is 16.2 Å². The molecule has 2 aromatic carbocycles. The van der Waals surface area contributed by atoms with Crippen LogP contribution in [0.5, 0.6) is 0 Å². The monoisotopic (exact) mass is 482 g/mol. The summed E-state index contributed by atoms with van der Waals surface area (Å²) >= 11 is 1.76. The van der Waals surface area contributed by atoms with Crippen LogP contribution in [0.15, 0.2) is 73.1 Å². The molecule has 0 aliphatic carbocycles. The Morgan fingerprint density at radius 1 is 1.03 bits per heavy atom. The molecule has 1 aliphatic rings. The maximum Gasteiger partial charge on any atom is 0.314 e. The lowest BCUT2D eigenvalue weighted by molar-refractivity contribution is 0.140. The zero-order valence-electron chi connectivity index (χ0n) is 19.2. The number of aromatic nitrogens is 2. The molecule has 6 rings (SSSR count). The Labute approximate surface area is 207 Å². The molecule has 4 N–H and O–H groups in total. The zero-order valence-corrected chi connectivity index (χ0v) is 20.0. The Balaban J connectivity index is 1.19. The number of aromatic amines is 1. The molecule has 3 aromatic heterocycles. The number of carbonyl (C=O) groups excluding carboxylic acids is 1. The predicted octanol–water partition coefficient (Wildman–Crippen LogP) is 5.38. The quantitative estimate of drug-likeness (QED) is 0.314. The van der Waals surface area contributed by atoms with Gasteiger partial charge in [0.1, 0.15) is 0 Å². The van der Waals surface area contributed by atoms with Crippen molar-refractivity contribution in [3.05, 3.63) is 78.6 Å². The second-order valence-electron chi connectivity index (χ2n) is 8.89. The summed E-state index contributed by atoms with van der Waals surface area (Å²) in [5.41, 5.74) is 12.1. The number of rotatable bonds is 5. The third-order valence-electron chi connectivity index (χ3n) is 6.57. The second kappa shape index (κ2) is 9.05. The van der Waals surface area contributed by atoms with E-state index >= 15 is 0 Å². The van der Waals surface area contributed by atoms with Crippen LogP contribution in [-0.4, -0.2) is 52.0 Å². The summed E-state index contributed by atoms with van der Waals surface area (Å²) in [5.74, 6) is 0. The van der Waals surface area contributed by atoms with Crippen molar-refractivity contribution in [2.24, 2.45) is 5.73 Å². The number of anilines is 2. The van der Waals surface area contributed by atoms with E-state index in [0.29, 0.717) is 13.1 Å². The highest BCUT2D eigenvalue weighted by atomic mass is 32.1. The first-order chi connectivity index (χ1) is 17.1. The minimum Gasteiger partial charge on any atom is -0.361 e. The van der Waals surface area contributed by atoms with Gasteiger partial charge in [-0.2, -0.15) is 0 Å². The van der Waals surface area contributed by atoms with E-state index in [1.165, 1.54) is 21.4 Å². The standard InChI is InChI=1S/C27H26N6OS/c28-27(34)33-13-11-32(12-14-33)17-18-1-3-19(4-2-18)25-16-24-26(35-25)23(8-10-30-24)31-21-5-6-22-20(15-21)7-9-29-22/h1-10,15-16,29H,11-14,17H2,(H2,28,34)(H,30,31). The maximum atomic E-state index is 11.3. The number of nitrogens with zero attached hydrogens (tertiary/aromatic N) is 3. The number of fused-ring (bicyclic) bond motifs is 2. The lowest BCUT2D eigenvalue weighted by atomic mass is 10.1.